The number of likely N-dealkylation sites (tertiary alicyclic amines) is 1. The van der Waals surface area contributed by atoms with Crippen LogP contribution in [0.4, 0.5) is 0 Å². The van der Waals surface area contributed by atoms with Gasteiger partial charge in [-0.15, -0.1) is 0 Å². The predicted octanol–water partition coefficient (Wildman–Crippen LogP) is -1.06. The van der Waals surface area contributed by atoms with Gasteiger partial charge in [-0.3, -0.25) is 0 Å². The fraction of sp³-hybridized carbons (Fsp3) is 0.889. The Labute approximate surface area is 82.7 Å². The molecule has 60 valence electrons. The van der Waals surface area contributed by atoms with Gasteiger partial charge in [0.1, 0.15) is 0 Å². The number of hydrogen-bond acceptors (Lipinski definition) is 1. The Morgan fingerprint density at radius 1 is 1.45 bits per heavy atom. The van der Waals surface area contributed by atoms with Gasteiger partial charge in [-0.2, -0.15) is 12.3 Å². The predicted molar refractivity (Wildman–Crippen MR) is 44.8 cm³/mol. The number of rotatable bonds is 0. The molecule has 0 N–H and O–H groups in total. The average molecular weight is 147 g/mol. The molecule has 1 nitrogen and oxygen atoms in total. The van der Waals surface area contributed by atoms with Crippen molar-refractivity contribution in [1.82, 2.24) is 4.90 Å². The molecule has 1 saturated heterocycles. The largest absolute Gasteiger partial charge is 1.00 e. The molecule has 1 rings (SSSR count). The Morgan fingerprint density at radius 2 is 2.00 bits per heavy atom. The molecule has 1 aliphatic heterocycles. The minimum atomic E-state index is 0. The summed E-state index contributed by atoms with van der Waals surface area (Å²) in [6, 6.07) is 0. The molecular weight excluding hydrogens is 129 g/mol. The van der Waals surface area contributed by atoms with E-state index in [2.05, 4.69) is 39.1 Å². The molecule has 0 amide bonds. The molecule has 11 heavy (non-hydrogen) atoms. The van der Waals surface area contributed by atoms with Crippen molar-refractivity contribution in [2.24, 2.45) is 5.92 Å². The Morgan fingerprint density at radius 3 is 2.36 bits per heavy atom. The van der Waals surface area contributed by atoms with Crippen molar-refractivity contribution in [3.63, 3.8) is 0 Å². The van der Waals surface area contributed by atoms with Gasteiger partial charge >= 0.3 is 18.9 Å². The van der Waals surface area contributed by atoms with Crippen LogP contribution >= 0.6 is 0 Å². The maximum absolute atomic E-state index is 2.44. The molecule has 0 saturated carbocycles. The van der Waals surface area contributed by atoms with Crippen molar-refractivity contribution in [3.8, 4) is 0 Å². The molecule has 2 heteroatoms. The van der Waals surface area contributed by atoms with Gasteiger partial charge in [-0.1, -0.05) is 6.92 Å². The summed E-state index contributed by atoms with van der Waals surface area (Å²) in [5.41, 5.74) is 0.373. The first kappa shape index (κ1) is 11.6. The van der Waals surface area contributed by atoms with Gasteiger partial charge < -0.3 is 11.3 Å². The Kier molecular flexibility index (Phi) is 4.19. The van der Waals surface area contributed by atoms with E-state index in [0.717, 1.165) is 5.92 Å². The molecule has 0 aliphatic carbocycles. The maximum atomic E-state index is 2.44. The van der Waals surface area contributed by atoms with Gasteiger partial charge in [0.2, 0.25) is 0 Å². The smallest absolute Gasteiger partial charge is 0.323 e. The first-order valence-electron chi connectivity index (χ1n) is 4.09. The first-order valence-corrected chi connectivity index (χ1v) is 4.09. The van der Waals surface area contributed by atoms with E-state index in [-0.39, 0.29) is 18.9 Å². The van der Waals surface area contributed by atoms with Gasteiger partial charge in [-0.25, -0.2) is 0 Å². The molecule has 0 aromatic carbocycles. The van der Waals surface area contributed by atoms with Crippen molar-refractivity contribution in [2.45, 2.75) is 32.7 Å². The van der Waals surface area contributed by atoms with Crippen LogP contribution in [-0.4, -0.2) is 24.0 Å². The molecule has 1 heterocycles. The zero-order chi connectivity index (χ0) is 7.78. The van der Waals surface area contributed by atoms with Crippen molar-refractivity contribution < 1.29 is 18.9 Å². The third kappa shape index (κ3) is 2.24. The van der Waals surface area contributed by atoms with E-state index in [0.29, 0.717) is 5.54 Å². The maximum Gasteiger partial charge on any atom is 1.00 e. The van der Waals surface area contributed by atoms with Crippen LogP contribution in [-0.2, 0) is 0 Å². The van der Waals surface area contributed by atoms with Crippen LogP contribution in [0.2, 0.25) is 0 Å². The minimum absolute atomic E-state index is 0. The molecular formula is C9H18LiN. The van der Waals surface area contributed by atoms with Crippen LogP contribution in [0.3, 0.4) is 0 Å². The zero-order valence-electron chi connectivity index (χ0n) is 8.52. The summed E-state index contributed by atoms with van der Waals surface area (Å²) >= 11 is 0. The second-order valence-electron chi connectivity index (χ2n) is 3.89. The third-order valence-electron chi connectivity index (χ3n) is 3.08. The SMILES string of the molecule is CC1[CH-]CCN(C)C1(C)C.[Li+]. The summed E-state index contributed by atoms with van der Waals surface area (Å²) in [5.74, 6) is 0.728. The zero-order valence-corrected chi connectivity index (χ0v) is 8.52. The van der Waals surface area contributed by atoms with Crippen LogP contribution in [0, 0.1) is 12.3 Å². The van der Waals surface area contributed by atoms with E-state index in [1.54, 1.807) is 0 Å². The van der Waals surface area contributed by atoms with E-state index in [4.69, 9.17) is 0 Å². The molecule has 0 radical (unpaired) electrons. The van der Waals surface area contributed by atoms with Crippen LogP contribution in [0.15, 0.2) is 0 Å². The molecule has 0 spiro atoms. The van der Waals surface area contributed by atoms with Crippen LogP contribution in [0.5, 0.6) is 0 Å². The standard InChI is InChI=1S/C9H18N.Li/c1-8-6-5-7-10(4)9(8,2)3;/h6,8H,5,7H2,1-4H3;/q-1;+1. The van der Waals surface area contributed by atoms with Gasteiger partial charge in [-0.05, 0) is 33.0 Å². The summed E-state index contributed by atoms with van der Waals surface area (Å²) in [6.45, 7) is 8.15. The monoisotopic (exact) mass is 147 g/mol. The van der Waals surface area contributed by atoms with E-state index in [9.17, 15) is 0 Å². The quantitative estimate of drug-likeness (QED) is 0.312. The summed E-state index contributed by atoms with van der Waals surface area (Å²) < 4.78 is 0. The van der Waals surface area contributed by atoms with Crippen molar-refractivity contribution >= 4 is 0 Å². The summed E-state index contributed by atoms with van der Waals surface area (Å²) in [6.07, 6.45) is 3.68. The van der Waals surface area contributed by atoms with Gasteiger partial charge in [0.15, 0.2) is 0 Å². The Bertz CT molecular complexity index is 111. The molecule has 0 aromatic heterocycles. The van der Waals surface area contributed by atoms with Crippen molar-refractivity contribution in [1.29, 1.82) is 0 Å². The average Bonchev–Trinajstić information content (AvgIpc) is 1.84. The normalized spacial score (nSPS) is 31.1. The summed E-state index contributed by atoms with van der Waals surface area (Å²) in [4.78, 5) is 2.44. The Hall–Kier alpha value is 0.557. The fourth-order valence-electron chi connectivity index (χ4n) is 1.44. The number of hydrogen-bond donors (Lipinski definition) is 0. The van der Waals surface area contributed by atoms with Crippen molar-refractivity contribution in [3.05, 3.63) is 6.42 Å². The van der Waals surface area contributed by atoms with E-state index < -0.39 is 0 Å². The van der Waals surface area contributed by atoms with Gasteiger partial charge in [0, 0.05) is 0 Å². The molecule has 0 aromatic rings. The topological polar surface area (TPSA) is 3.24 Å². The number of nitrogens with zero attached hydrogens (tertiary/aromatic N) is 1. The first-order chi connectivity index (χ1) is 4.55. The van der Waals surface area contributed by atoms with Gasteiger partial charge in [0.25, 0.3) is 0 Å². The van der Waals surface area contributed by atoms with E-state index >= 15 is 0 Å². The summed E-state index contributed by atoms with van der Waals surface area (Å²) in [5, 5.41) is 0. The van der Waals surface area contributed by atoms with Gasteiger partial charge in [0.05, 0.1) is 0 Å². The molecule has 0 bridgehead atoms. The minimum Gasteiger partial charge on any atom is -0.323 e. The second kappa shape index (κ2) is 3.98. The van der Waals surface area contributed by atoms with E-state index in [1.807, 2.05) is 0 Å². The molecule has 1 atom stereocenters. The van der Waals surface area contributed by atoms with Crippen LogP contribution in [0.25, 0.3) is 0 Å². The van der Waals surface area contributed by atoms with Crippen molar-refractivity contribution in [2.75, 3.05) is 13.6 Å². The molecule has 1 unspecified atom stereocenters. The number of piperidine rings is 1. The summed E-state index contributed by atoms with van der Waals surface area (Å²) in [7, 11) is 2.21. The Balaban J connectivity index is 0.000001000. The fourth-order valence-corrected chi connectivity index (χ4v) is 1.44. The second-order valence-corrected chi connectivity index (χ2v) is 3.89. The van der Waals surface area contributed by atoms with E-state index in [1.165, 1.54) is 13.0 Å². The molecule has 1 aliphatic rings. The molecule has 1 fully saturated rings. The van der Waals surface area contributed by atoms with Crippen LogP contribution in [0.1, 0.15) is 27.2 Å². The van der Waals surface area contributed by atoms with Crippen LogP contribution < -0.4 is 18.9 Å². The third-order valence-corrected chi connectivity index (χ3v) is 3.08.